The van der Waals surface area contributed by atoms with Gasteiger partial charge in [-0.05, 0) is 62.9 Å². The summed E-state index contributed by atoms with van der Waals surface area (Å²) in [6.07, 6.45) is 5.61. The van der Waals surface area contributed by atoms with Crippen LogP contribution in [0.15, 0.2) is 41.7 Å². The van der Waals surface area contributed by atoms with Crippen molar-refractivity contribution in [3.05, 3.63) is 75.0 Å². The van der Waals surface area contributed by atoms with Gasteiger partial charge in [-0.3, -0.25) is 4.79 Å². The number of hydrogen-bond donors (Lipinski definition) is 3. The summed E-state index contributed by atoms with van der Waals surface area (Å²) < 4.78 is 29.4. The zero-order valence-electron chi connectivity index (χ0n) is 19.6. The van der Waals surface area contributed by atoms with Crippen molar-refractivity contribution >= 4 is 34.0 Å². The van der Waals surface area contributed by atoms with E-state index in [1.807, 2.05) is 19.1 Å². The van der Waals surface area contributed by atoms with Crippen molar-refractivity contribution in [2.75, 3.05) is 5.32 Å². The van der Waals surface area contributed by atoms with Crippen molar-refractivity contribution in [3.63, 3.8) is 0 Å². The van der Waals surface area contributed by atoms with E-state index in [0.29, 0.717) is 35.0 Å². The van der Waals surface area contributed by atoms with Gasteiger partial charge in [0, 0.05) is 33.8 Å². The fraction of sp³-hybridized carbons (Fsp3) is 0.231. The second-order valence-corrected chi connectivity index (χ2v) is 9.80. The minimum Gasteiger partial charge on any atom is -0.361 e. The molecule has 0 fully saturated rings. The number of nitriles is 1. The van der Waals surface area contributed by atoms with Crippen LogP contribution in [-0.4, -0.2) is 26.9 Å². The van der Waals surface area contributed by atoms with Crippen LogP contribution in [0.4, 0.5) is 14.6 Å². The largest absolute Gasteiger partial charge is 0.361 e. The van der Waals surface area contributed by atoms with Crippen molar-refractivity contribution in [1.29, 1.82) is 5.26 Å². The van der Waals surface area contributed by atoms with E-state index in [0.717, 1.165) is 28.6 Å². The van der Waals surface area contributed by atoms with Crippen LogP contribution in [0.5, 0.6) is 0 Å². The Morgan fingerprint density at radius 3 is 2.83 bits per heavy atom. The summed E-state index contributed by atoms with van der Waals surface area (Å²) in [5.41, 5.74) is 4.58. The van der Waals surface area contributed by atoms with Crippen LogP contribution in [0.1, 0.15) is 45.8 Å². The summed E-state index contributed by atoms with van der Waals surface area (Å²) >= 11 is 1.40. The molecule has 0 saturated carbocycles. The summed E-state index contributed by atoms with van der Waals surface area (Å²) in [6.45, 7) is 3.61. The van der Waals surface area contributed by atoms with Crippen molar-refractivity contribution in [2.24, 2.45) is 0 Å². The molecule has 0 spiro atoms. The maximum Gasteiger partial charge on any atom is 0.275 e. The van der Waals surface area contributed by atoms with E-state index in [-0.39, 0.29) is 29.0 Å². The quantitative estimate of drug-likeness (QED) is 0.322. The first-order valence-electron chi connectivity index (χ1n) is 11.4. The Morgan fingerprint density at radius 2 is 2.08 bits per heavy atom. The Hall–Kier alpha value is -4.10. The van der Waals surface area contributed by atoms with Crippen LogP contribution in [0.2, 0.25) is 0 Å². The molecule has 3 aromatic heterocycles. The summed E-state index contributed by atoms with van der Waals surface area (Å²) in [5.74, 6) is -1.37. The lowest BCUT2D eigenvalue weighted by Crippen LogP contribution is -2.29. The highest BCUT2D eigenvalue weighted by molar-refractivity contribution is 7.09. The summed E-state index contributed by atoms with van der Waals surface area (Å²) in [5, 5.41) is 16.2. The smallest absolute Gasteiger partial charge is 0.275 e. The molecule has 36 heavy (non-hydrogen) atoms. The number of anilines is 1. The number of thiazole rings is 1. The number of aromatic nitrogens is 3. The number of carbonyl (C=O) groups is 1. The molecule has 1 aliphatic rings. The predicted octanol–water partition coefficient (Wildman–Crippen LogP) is 5.73. The third-order valence-corrected chi connectivity index (χ3v) is 6.91. The van der Waals surface area contributed by atoms with E-state index in [1.165, 1.54) is 17.4 Å². The zero-order chi connectivity index (χ0) is 25.4. The molecule has 0 radical (unpaired) electrons. The molecule has 1 amide bonds. The van der Waals surface area contributed by atoms with Crippen molar-refractivity contribution < 1.29 is 13.6 Å². The van der Waals surface area contributed by atoms with Crippen LogP contribution in [0, 0.1) is 36.8 Å². The summed E-state index contributed by atoms with van der Waals surface area (Å²) in [6, 6.07) is 6.06. The van der Waals surface area contributed by atoms with Gasteiger partial charge in [0.25, 0.3) is 5.91 Å². The van der Waals surface area contributed by atoms with E-state index >= 15 is 0 Å². The van der Waals surface area contributed by atoms with Crippen LogP contribution in [0.25, 0.3) is 22.2 Å². The van der Waals surface area contributed by atoms with Crippen LogP contribution >= 0.6 is 11.3 Å². The average Bonchev–Trinajstić information content (AvgIpc) is 3.46. The zero-order valence-corrected chi connectivity index (χ0v) is 20.4. The molecule has 3 heterocycles. The molecule has 182 valence electrons. The number of amides is 1. The van der Waals surface area contributed by atoms with E-state index in [4.69, 9.17) is 0 Å². The van der Waals surface area contributed by atoms with Gasteiger partial charge in [0.1, 0.15) is 17.6 Å². The van der Waals surface area contributed by atoms with Crippen LogP contribution < -0.4 is 10.6 Å². The molecule has 7 nitrogen and oxygen atoms in total. The lowest BCUT2D eigenvalue weighted by molar-refractivity contribution is 0.0959. The number of aromatic amines is 1. The van der Waals surface area contributed by atoms with Gasteiger partial charge in [-0.15, -0.1) is 11.3 Å². The predicted molar refractivity (Wildman–Crippen MR) is 135 cm³/mol. The summed E-state index contributed by atoms with van der Waals surface area (Å²) in [4.78, 5) is 24.9. The molecule has 4 aromatic rings. The number of aryl methyl sites for hydroxylation is 2. The van der Waals surface area contributed by atoms with Gasteiger partial charge in [-0.1, -0.05) is 0 Å². The number of halogens is 2. The lowest BCUT2D eigenvalue weighted by Gasteiger charge is -2.23. The SMILES string of the molecule is Cc1cc(F)c2[nH]cc(-c3nc(NC4C=C(NC(=O)c5ncsc5C)CCC4)c(F)cc3C#N)c2c1. The molecule has 1 aromatic carbocycles. The Bertz CT molecular complexity index is 1560. The van der Waals surface area contributed by atoms with Gasteiger partial charge in [-0.25, -0.2) is 18.7 Å². The van der Waals surface area contributed by atoms with Gasteiger partial charge in [0.05, 0.1) is 22.3 Å². The Kier molecular flexibility index (Phi) is 6.24. The molecule has 1 unspecified atom stereocenters. The fourth-order valence-electron chi connectivity index (χ4n) is 4.44. The lowest BCUT2D eigenvalue weighted by atomic mass is 9.99. The molecule has 3 N–H and O–H groups in total. The Balaban J connectivity index is 1.45. The van der Waals surface area contributed by atoms with Crippen LogP contribution in [0.3, 0.4) is 0 Å². The number of H-pyrrole nitrogens is 1. The molecular weight excluding hydrogens is 482 g/mol. The minimum absolute atomic E-state index is 0.0179. The number of allylic oxidation sites excluding steroid dienone is 1. The van der Waals surface area contributed by atoms with Crippen molar-refractivity contribution in [2.45, 2.75) is 39.2 Å². The molecule has 10 heteroatoms. The number of fused-ring (bicyclic) bond motifs is 1. The highest BCUT2D eigenvalue weighted by Gasteiger charge is 2.22. The van der Waals surface area contributed by atoms with E-state index in [2.05, 4.69) is 25.6 Å². The topological polar surface area (TPSA) is 106 Å². The fourth-order valence-corrected chi connectivity index (χ4v) is 5.02. The number of carbonyl (C=O) groups excluding carboxylic acids is 1. The molecule has 1 atom stereocenters. The highest BCUT2D eigenvalue weighted by Crippen LogP contribution is 2.34. The first-order valence-corrected chi connectivity index (χ1v) is 12.3. The first-order chi connectivity index (χ1) is 17.3. The van der Waals surface area contributed by atoms with E-state index < -0.39 is 11.6 Å². The third kappa shape index (κ3) is 4.45. The first kappa shape index (κ1) is 23.6. The van der Waals surface area contributed by atoms with Crippen LogP contribution in [-0.2, 0) is 0 Å². The normalized spacial score (nSPS) is 15.4. The van der Waals surface area contributed by atoms with Gasteiger partial charge >= 0.3 is 0 Å². The van der Waals surface area contributed by atoms with E-state index in [9.17, 15) is 18.8 Å². The number of rotatable bonds is 5. The highest BCUT2D eigenvalue weighted by atomic mass is 32.1. The standard InChI is InChI=1S/C26H22F2N6OS/c1-13-6-18-19(11-30-24(18)20(27)7-13)23-15(10-29)8-21(28)25(34-23)32-16-4-3-5-17(9-16)33-26(35)22-14(2)36-12-31-22/h6-9,11-12,16,30H,3-5H2,1-2H3,(H,32,34)(H,33,35). The van der Waals surface area contributed by atoms with Gasteiger partial charge in [-0.2, -0.15) is 5.26 Å². The number of hydrogen-bond acceptors (Lipinski definition) is 6. The maximum atomic E-state index is 15.0. The molecule has 0 aliphatic heterocycles. The minimum atomic E-state index is -0.667. The molecule has 0 bridgehead atoms. The number of nitrogens with one attached hydrogen (secondary N) is 3. The Morgan fingerprint density at radius 1 is 1.25 bits per heavy atom. The number of pyridine rings is 1. The van der Waals surface area contributed by atoms with Gasteiger partial charge in [0.2, 0.25) is 0 Å². The molecule has 1 aliphatic carbocycles. The second kappa shape index (κ2) is 9.51. The summed E-state index contributed by atoms with van der Waals surface area (Å²) in [7, 11) is 0. The van der Waals surface area contributed by atoms with Gasteiger partial charge < -0.3 is 15.6 Å². The van der Waals surface area contributed by atoms with Gasteiger partial charge in [0.15, 0.2) is 11.6 Å². The average molecular weight is 505 g/mol. The molecular formula is C26H22F2N6OS. The monoisotopic (exact) mass is 504 g/mol. The second-order valence-electron chi connectivity index (χ2n) is 8.74. The molecule has 0 saturated heterocycles. The Labute approximate surface area is 209 Å². The number of benzene rings is 1. The van der Waals surface area contributed by atoms with E-state index in [1.54, 1.807) is 24.7 Å². The molecule has 5 rings (SSSR count). The third-order valence-electron chi connectivity index (χ3n) is 6.16. The maximum absolute atomic E-state index is 15.0. The van der Waals surface area contributed by atoms with Crippen molar-refractivity contribution in [3.8, 4) is 17.3 Å². The van der Waals surface area contributed by atoms with Crippen molar-refractivity contribution in [1.82, 2.24) is 20.3 Å². The number of nitrogens with zero attached hydrogens (tertiary/aromatic N) is 3.